The number of carbonyl (C=O) groups is 1. The fourth-order valence-electron chi connectivity index (χ4n) is 2.67. The van der Waals surface area contributed by atoms with E-state index in [0.29, 0.717) is 11.6 Å². The van der Waals surface area contributed by atoms with E-state index >= 15 is 0 Å². The Bertz CT molecular complexity index is 908. The second kappa shape index (κ2) is 8.50. The summed E-state index contributed by atoms with van der Waals surface area (Å²) in [6, 6.07) is 10.8. The zero-order valence-electron chi connectivity index (χ0n) is 15.5. The lowest BCUT2D eigenvalue weighted by Crippen LogP contribution is -2.45. The van der Waals surface area contributed by atoms with Gasteiger partial charge in [0.2, 0.25) is 15.9 Å². The van der Waals surface area contributed by atoms with Gasteiger partial charge in [0.05, 0.1) is 11.9 Å². The summed E-state index contributed by atoms with van der Waals surface area (Å²) in [6.45, 7) is 5.67. The predicted octanol–water partition coefficient (Wildman–Crippen LogP) is 4.91. The third-order valence-electron chi connectivity index (χ3n) is 4.04. The molecule has 27 heavy (non-hydrogen) atoms. The number of rotatable bonds is 6. The molecule has 1 amide bonds. The summed E-state index contributed by atoms with van der Waals surface area (Å²) in [5.41, 5.74) is 1.97. The second-order valence-electron chi connectivity index (χ2n) is 6.63. The van der Waals surface area contributed by atoms with Crippen LogP contribution in [0.15, 0.2) is 42.5 Å². The van der Waals surface area contributed by atoms with Crippen LogP contribution < -0.4 is 9.62 Å². The lowest BCUT2D eigenvalue weighted by atomic mass is 10.0. The largest absolute Gasteiger partial charge is 0.324 e. The van der Waals surface area contributed by atoms with Gasteiger partial charge in [-0.15, -0.1) is 0 Å². The van der Waals surface area contributed by atoms with Crippen molar-refractivity contribution in [3.63, 3.8) is 0 Å². The summed E-state index contributed by atoms with van der Waals surface area (Å²) in [4.78, 5) is 12.7. The summed E-state index contributed by atoms with van der Waals surface area (Å²) in [6.07, 6.45) is 1.03. The lowest BCUT2D eigenvalue weighted by Gasteiger charge is -2.28. The minimum Gasteiger partial charge on any atom is -0.324 e. The Hall–Kier alpha value is -1.76. The molecule has 1 N–H and O–H groups in total. The van der Waals surface area contributed by atoms with Crippen LogP contribution in [0.4, 0.5) is 11.4 Å². The van der Waals surface area contributed by atoms with Crippen molar-refractivity contribution in [3.05, 3.63) is 58.1 Å². The minimum atomic E-state index is -3.75. The number of carbonyl (C=O) groups excluding carboxylic acids is 1. The average Bonchev–Trinajstić information content (AvgIpc) is 2.53. The van der Waals surface area contributed by atoms with Gasteiger partial charge in [-0.05, 0) is 48.7 Å². The van der Waals surface area contributed by atoms with Crippen LogP contribution in [0.1, 0.15) is 32.3 Å². The Morgan fingerprint density at radius 2 is 1.52 bits per heavy atom. The number of benzene rings is 2. The van der Waals surface area contributed by atoms with Gasteiger partial charge in [0, 0.05) is 15.7 Å². The Labute approximate surface area is 170 Å². The predicted molar refractivity (Wildman–Crippen MR) is 112 cm³/mol. The van der Waals surface area contributed by atoms with E-state index in [0.717, 1.165) is 16.1 Å². The van der Waals surface area contributed by atoms with E-state index in [-0.39, 0.29) is 15.7 Å². The van der Waals surface area contributed by atoms with Gasteiger partial charge in [-0.2, -0.15) is 0 Å². The quantitative estimate of drug-likeness (QED) is 0.710. The monoisotopic (exact) mass is 428 g/mol. The van der Waals surface area contributed by atoms with Gasteiger partial charge < -0.3 is 5.32 Å². The van der Waals surface area contributed by atoms with E-state index in [4.69, 9.17) is 23.2 Å². The van der Waals surface area contributed by atoms with Crippen LogP contribution in [0.5, 0.6) is 0 Å². The first kappa shape index (κ1) is 21.5. The molecule has 2 aromatic carbocycles. The highest BCUT2D eigenvalue weighted by atomic mass is 35.5. The molecule has 0 heterocycles. The van der Waals surface area contributed by atoms with Gasteiger partial charge in [0.1, 0.15) is 6.04 Å². The molecular weight excluding hydrogens is 407 g/mol. The van der Waals surface area contributed by atoms with Crippen LogP contribution in [0.2, 0.25) is 10.0 Å². The molecule has 0 aliphatic rings. The maximum atomic E-state index is 12.7. The molecular formula is C19H22Cl2N2O3S. The van der Waals surface area contributed by atoms with Crippen LogP contribution in [-0.4, -0.2) is 26.6 Å². The van der Waals surface area contributed by atoms with E-state index < -0.39 is 22.0 Å². The van der Waals surface area contributed by atoms with Gasteiger partial charge in [-0.1, -0.05) is 49.2 Å². The fraction of sp³-hybridized carbons (Fsp3) is 0.316. The number of hydrogen-bond acceptors (Lipinski definition) is 3. The van der Waals surface area contributed by atoms with Gasteiger partial charge >= 0.3 is 0 Å². The van der Waals surface area contributed by atoms with Gasteiger partial charge in [-0.25, -0.2) is 8.42 Å². The molecule has 0 aliphatic heterocycles. The third-order valence-corrected chi connectivity index (χ3v) is 5.71. The standard InChI is InChI=1S/C19H22Cl2N2O3S/c1-12(2)14-5-7-17(8-6-14)22-19(24)13(3)23(27(4,25)26)18-10-15(20)9-16(21)11-18/h5-13H,1-4H3,(H,22,24)/t13-/m0/s1. The summed E-state index contributed by atoms with van der Waals surface area (Å²) in [5, 5.41) is 3.31. The van der Waals surface area contributed by atoms with Crippen molar-refractivity contribution in [3.8, 4) is 0 Å². The highest BCUT2D eigenvalue weighted by molar-refractivity contribution is 7.92. The van der Waals surface area contributed by atoms with Crippen molar-refractivity contribution in [2.24, 2.45) is 0 Å². The summed E-state index contributed by atoms with van der Waals surface area (Å²) >= 11 is 12.0. The topological polar surface area (TPSA) is 66.5 Å². The highest BCUT2D eigenvalue weighted by Gasteiger charge is 2.29. The van der Waals surface area contributed by atoms with E-state index in [1.807, 2.05) is 12.1 Å². The minimum absolute atomic E-state index is 0.229. The summed E-state index contributed by atoms with van der Waals surface area (Å²) in [7, 11) is -3.75. The molecule has 0 saturated carbocycles. The summed E-state index contributed by atoms with van der Waals surface area (Å²) < 4.78 is 25.7. The number of anilines is 2. The number of halogens is 2. The van der Waals surface area contributed by atoms with Gasteiger partial charge in [0.25, 0.3) is 0 Å². The first-order valence-corrected chi connectivity index (χ1v) is 11.0. The summed E-state index contributed by atoms with van der Waals surface area (Å²) in [5.74, 6) is -0.0872. The van der Waals surface area contributed by atoms with E-state index in [1.54, 1.807) is 12.1 Å². The molecule has 1 atom stereocenters. The number of hydrogen-bond donors (Lipinski definition) is 1. The van der Waals surface area contributed by atoms with E-state index in [2.05, 4.69) is 19.2 Å². The van der Waals surface area contributed by atoms with Crippen molar-refractivity contribution >= 4 is 50.5 Å². The smallest absolute Gasteiger partial charge is 0.247 e. The zero-order valence-corrected chi connectivity index (χ0v) is 17.9. The lowest BCUT2D eigenvalue weighted by molar-refractivity contribution is -0.116. The van der Waals surface area contributed by atoms with Crippen molar-refractivity contribution in [1.29, 1.82) is 0 Å². The Balaban J connectivity index is 2.29. The molecule has 0 aromatic heterocycles. The van der Waals surface area contributed by atoms with Crippen LogP contribution in [0, 0.1) is 0 Å². The van der Waals surface area contributed by atoms with E-state index in [1.165, 1.54) is 25.1 Å². The Morgan fingerprint density at radius 3 is 1.96 bits per heavy atom. The molecule has 0 spiro atoms. The molecule has 0 fully saturated rings. The van der Waals surface area contributed by atoms with Crippen molar-refractivity contribution in [1.82, 2.24) is 0 Å². The number of amides is 1. The number of nitrogens with zero attached hydrogens (tertiary/aromatic N) is 1. The second-order valence-corrected chi connectivity index (χ2v) is 9.36. The van der Waals surface area contributed by atoms with Crippen LogP contribution in [0.3, 0.4) is 0 Å². The number of nitrogens with one attached hydrogen (secondary N) is 1. The SMILES string of the molecule is CC(C)c1ccc(NC(=O)[C@H](C)N(c2cc(Cl)cc(Cl)c2)S(C)(=O)=O)cc1. The molecule has 5 nitrogen and oxygen atoms in total. The maximum absolute atomic E-state index is 12.7. The van der Waals surface area contributed by atoms with Crippen LogP contribution in [0.25, 0.3) is 0 Å². The van der Waals surface area contributed by atoms with Crippen LogP contribution in [-0.2, 0) is 14.8 Å². The molecule has 146 valence electrons. The van der Waals surface area contributed by atoms with Crippen LogP contribution >= 0.6 is 23.2 Å². The first-order valence-electron chi connectivity index (χ1n) is 8.35. The molecule has 0 bridgehead atoms. The van der Waals surface area contributed by atoms with Crippen molar-refractivity contribution in [2.45, 2.75) is 32.7 Å². The number of sulfonamides is 1. The maximum Gasteiger partial charge on any atom is 0.247 e. The van der Waals surface area contributed by atoms with Gasteiger partial charge in [-0.3, -0.25) is 9.10 Å². The van der Waals surface area contributed by atoms with Crippen molar-refractivity contribution < 1.29 is 13.2 Å². The molecule has 8 heteroatoms. The molecule has 0 aliphatic carbocycles. The molecule has 2 aromatic rings. The Kier molecular flexibility index (Phi) is 6.78. The molecule has 0 radical (unpaired) electrons. The van der Waals surface area contributed by atoms with Gasteiger partial charge in [0.15, 0.2) is 0 Å². The Morgan fingerprint density at radius 1 is 1.00 bits per heavy atom. The normalized spacial score (nSPS) is 12.7. The average molecular weight is 429 g/mol. The molecule has 0 saturated heterocycles. The fourth-order valence-corrected chi connectivity index (χ4v) is 4.35. The molecule has 0 unspecified atom stereocenters. The highest BCUT2D eigenvalue weighted by Crippen LogP contribution is 2.29. The zero-order chi connectivity index (χ0) is 20.4. The third kappa shape index (κ3) is 5.61. The molecule has 2 rings (SSSR count). The first-order chi connectivity index (χ1) is 12.5. The van der Waals surface area contributed by atoms with Crippen molar-refractivity contribution in [2.75, 3.05) is 15.9 Å². The van der Waals surface area contributed by atoms with E-state index in [9.17, 15) is 13.2 Å².